The maximum atomic E-state index is 12.7. The third-order valence-electron chi connectivity index (χ3n) is 5.25. The summed E-state index contributed by atoms with van der Waals surface area (Å²) in [7, 11) is 0. The molecule has 0 aliphatic rings. The van der Waals surface area contributed by atoms with Crippen LogP contribution in [0.2, 0.25) is 0 Å². The second-order valence-electron chi connectivity index (χ2n) is 7.82. The largest absolute Gasteiger partial charge is 0.368 e. The number of aromatic nitrogens is 4. The van der Waals surface area contributed by atoms with Crippen LogP contribution in [0.15, 0.2) is 83.5 Å². The van der Waals surface area contributed by atoms with E-state index in [1.54, 1.807) is 30.5 Å². The average Bonchev–Trinajstić information content (AvgIpc) is 3.31. The number of hydrogen-bond acceptors (Lipinski definition) is 8. The molecule has 0 radical (unpaired) electrons. The number of hydrogen-bond donors (Lipinski definition) is 3. The lowest BCUT2D eigenvalue weighted by atomic mass is 10.1. The van der Waals surface area contributed by atoms with Gasteiger partial charge in [0.1, 0.15) is 28.8 Å². The molecule has 0 bridgehead atoms. The van der Waals surface area contributed by atoms with E-state index < -0.39 is 0 Å². The van der Waals surface area contributed by atoms with E-state index in [4.69, 9.17) is 4.52 Å². The number of carbonyl (C=O) groups excluding carboxylic acids is 1. The van der Waals surface area contributed by atoms with Crippen molar-refractivity contribution in [3.8, 4) is 11.3 Å². The minimum atomic E-state index is -0.176. The van der Waals surface area contributed by atoms with E-state index in [9.17, 15) is 4.79 Å². The molecular formula is C26H23N7O2. The van der Waals surface area contributed by atoms with Crippen molar-refractivity contribution in [1.82, 2.24) is 25.4 Å². The van der Waals surface area contributed by atoms with Gasteiger partial charge in [-0.1, -0.05) is 41.6 Å². The van der Waals surface area contributed by atoms with Gasteiger partial charge < -0.3 is 20.5 Å². The fraction of sp³-hybridized carbons (Fsp3) is 0.115. The smallest absolute Gasteiger partial charge is 0.251 e. The van der Waals surface area contributed by atoms with Gasteiger partial charge in [0.2, 0.25) is 0 Å². The summed E-state index contributed by atoms with van der Waals surface area (Å²) < 4.78 is 5.53. The second kappa shape index (κ2) is 10.0. The van der Waals surface area contributed by atoms with Crippen molar-refractivity contribution in [2.24, 2.45) is 0 Å². The van der Waals surface area contributed by atoms with Gasteiger partial charge in [0.05, 0.1) is 5.39 Å². The van der Waals surface area contributed by atoms with E-state index in [1.807, 2.05) is 55.5 Å². The van der Waals surface area contributed by atoms with Gasteiger partial charge in [-0.25, -0.2) is 15.0 Å². The molecule has 0 saturated carbocycles. The number of nitrogens with one attached hydrogen (secondary N) is 3. The number of aryl methyl sites for hydroxylation is 1. The molecule has 0 spiro atoms. The van der Waals surface area contributed by atoms with Crippen LogP contribution in [0, 0.1) is 6.92 Å². The fourth-order valence-electron chi connectivity index (χ4n) is 3.64. The molecular weight excluding hydrogens is 442 g/mol. The lowest BCUT2D eigenvalue weighted by molar-refractivity contribution is 0.0955. The predicted molar refractivity (Wildman–Crippen MR) is 135 cm³/mol. The summed E-state index contributed by atoms with van der Waals surface area (Å²) in [4.78, 5) is 25.8. The Kier molecular flexibility index (Phi) is 6.29. The Bertz CT molecular complexity index is 1450. The van der Waals surface area contributed by atoms with Crippen molar-refractivity contribution in [3.05, 3.63) is 90.4 Å². The van der Waals surface area contributed by atoms with Crippen molar-refractivity contribution in [1.29, 1.82) is 0 Å². The summed E-state index contributed by atoms with van der Waals surface area (Å²) >= 11 is 0. The van der Waals surface area contributed by atoms with Crippen LogP contribution in [-0.4, -0.2) is 39.1 Å². The molecule has 3 N–H and O–H groups in total. The fourth-order valence-corrected chi connectivity index (χ4v) is 3.64. The van der Waals surface area contributed by atoms with Crippen molar-refractivity contribution in [2.45, 2.75) is 6.92 Å². The van der Waals surface area contributed by atoms with Crippen LogP contribution in [0.25, 0.3) is 22.2 Å². The first kappa shape index (κ1) is 22.0. The molecule has 174 valence electrons. The van der Waals surface area contributed by atoms with Gasteiger partial charge in [0, 0.05) is 36.5 Å². The Morgan fingerprint density at radius 1 is 0.886 bits per heavy atom. The second-order valence-corrected chi connectivity index (χ2v) is 7.82. The molecule has 5 rings (SSSR count). The van der Waals surface area contributed by atoms with Gasteiger partial charge in [-0.15, -0.1) is 0 Å². The van der Waals surface area contributed by atoms with Crippen LogP contribution in [0.5, 0.6) is 0 Å². The van der Waals surface area contributed by atoms with Crippen molar-refractivity contribution in [2.75, 3.05) is 23.7 Å². The molecule has 5 aromatic rings. The zero-order valence-electron chi connectivity index (χ0n) is 19.0. The van der Waals surface area contributed by atoms with E-state index in [0.717, 1.165) is 10.9 Å². The number of carbonyl (C=O) groups is 1. The van der Waals surface area contributed by atoms with Gasteiger partial charge >= 0.3 is 0 Å². The predicted octanol–water partition coefficient (Wildman–Crippen LogP) is 4.57. The zero-order chi connectivity index (χ0) is 24.0. The summed E-state index contributed by atoms with van der Waals surface area (Å²) in [6.45, 7) is 2.73. The minimum Gasteiger partial charge on any atom is -0.368 e. The quantitative estimate of drug-likeness (QED) is 0.285. The number of anilines is 3. The number of fused-ring (bicyclic) bond motifs is 1. The summed E-state index contributed by atoms with van der Waals surface area (Å²) in [5.41, 5.74) is 2.16. The molecule has 9 heteroatoms. The maximum absolute atomic E-state index is 12.7. The first-order valence-corrected chi connectivity index (χ1v) is 11.2. The summed E-state index contributed by atoms with van der Waals surface area (Å²) in [6.07, 6.45) is 1.71. The van der Waals surface area contributed by atoms with Crippen molar-refractivity contribution < 1.29 is 9.32 Å². The summed E-state index contributed by atoms with van der Waals surface area (Å²) in [5.74, 6) is 3.08. The molecule has 0 atom stereocenters. The highest BCUT2D eigenvalue weighted by atomic mass is 16.5. The van der Waals surface area contributed by atoms with Gasteiger partial charge in [-0.2, -0.15) is 0 Å². The van der Waals surface area contributed by atoms with Crippen LogP contribution in [0.1, 0.15) is 16.2 Å². The van der Waals surface area contributed by atoms with Crippen LogP contribution < -0.4 is 16.0 Å². The van der Waals surface area contributed by atoms with Crippen LogP contribution >= 0.6 is 0 Å². The van der Waals surface area contributed by atoms with Crippen molar-refractivity contribution in [3.63, 3.8) is 0 Å². The number of pyridine rings is 1. The Morgan fingerprint density at radius 2 is 1.71 bits per heavy atom. The monoisotopic (exact) mass is 465 g/mol. The Morgan fingerprint density at radius 3 is 2.54 bits per heavy atom. The average molecular weight is 466 g/mol. The Hall–Kier alpha value is -4.79. The molecule has 0 aliphatic heterocycles. The third kappa shape index (κ3) is 5.25. The zero-order valence-corrected chi connectivity index (χ0v) is 19.0. The third-order valence-corrected chi connectivity index (χ3v) is 5.25. The van der Waals surface area contributed by atoms with E-state index in [1.165, 1.54) is 0 Å². The first-order valence-electron chi connectivity index (χ1n) is 11.2. The van der Waals surface area contributed by atoms with Crippen LogP contribution in [-0.2, 0) is 0 Å². The molecule has 35 heavy (non-hydrogen) atoms. The molecule has 0 saturated heterocycles. The van der Waals surface area contributed by atoms with Crippen molar-refractivity contribution >= 4 is 34.3 Å². The lowest BCUT2D eigenvalue weighted by Gasteiger charge is -2.10. The van der Waals surface area contributed by atoms with Gasteiger partial charge in [-0.05, 0) is 37.3 Å². The van der Waals surface area contributed by atoms with E-state index in [2.05, 4.69) is 36.1 Å². The van der Waals surface area contributed by atoms with Crippen LogP contribution in [0.3, 0.4) is 0 Å². The summed E-state index contributed by atoms with van der Waals surface area (Å²) in [5, 5.41) is 14.2. The molecule has 3 aromatic heterocycles. The standard InChI is InChI=1S/C26H23N7O2/c1-17-30-23(16-24(31-17)32-22-9-5-6-12-27-22)28-13-14-29-26(34)19-10-11-21-20(15-19)25(35-33-21)18-7-3-2-4-8-18/h2-12,15-16H,13-14H2,1H3,(H,29,34)(H2,27,28,30,31,32). The van der Waals surface area contributed by atoms with E-state index >= 15 is 0 Å². The number of rotatable bonds is 8. The van der Waals surface area contributed by atoms with Gasteiger partial charge in [0.25, 0.3) is 5.91 Å². The highest BCUT2D eigenvalue weighted by Crippen LogP contribution is 2.29. The van der Waals surface area contributed by atoms with E-state index in [0.29, 0.717) is 53.2 Å². The summed E-state index contributed by atoms with van der Waals surface area (Å²) in [6, 6.07) is 22.5. The molecule has 0 aliphatic carbocycles. The molecule has 9 nitrogen and oxygen atoms in total. The maximum Gasteiger partial charge on any atom is 0.251 e. The number of benzene rings is 2. The molecule has 0 fully saturated rings. The molecule has 0 unspecified atom stereocenters. The topological polar surface area (TPSA) is 118 Å². The number of nitrogens with zero attached hydrogens (tertiary/aromatic N) is 4. The lowest BCUT2D eigenvalue weighted by Crippen LogP contribution is -2.28. The molecule has 2 aromatic carbocycles. The number of amides is 1. The highest BCUT2D eigenvalue weighted by molar-refractivity contribution is 6.01. The normalized spacial score (nSPS) is 10.8. The Labute approximate surface area is 201 Å². The first-order chi connectivity index (χ1) is 17.2. The van der Waals surface area contributed by atoms with E-state index in [-0.39, 0.29) is 5.91 Å². The van der Waals surface area contributed by atoms with Gasteiger partial charge in [-0.3, -0.25) is 4.79 Å². The molecule has 3 heterocycles. The minimum absolute atomic E-state index is 0.176. The highest BCUT2D eigenvalue weighted by Gasteiger charge is 2.14. The SMILES string of the molecule is Cc1nc(NCCNC(=O)c2ccc3noc(-c4ccccc4)c3c2)cc(Nc2ccccn2)n1. The Balaban J connectivity index is 1.20. The molecule has 1 amide bonds. The van der Waals surface area contributed by atoms with Crippen LogP contribution in [0.4, 0.5) is 17.5 Å². The van der Waals surface area contributed by atoms with Gasteiger partial charge in [0.15, 0.2) is 5.76 Å².